The molecule has 5 rings (SSSR count). The van der Waals surface area contributed by atoms with E-state index in [1.54, 1.807) is 0 Å². The number of nitro benzene ring substituents is 1. The third-order valence-corrected chi connectivity index (χ3v) is 7.21. The SMILES string of the molecule is CCN(CC[N+]12CCN(CC1)CC2)c1ccc(/N=N/c2ccc([N+](=O)[O-])cc2Cl)c(Cl)c1. The lowest BCUT2D eigenvalue weighted by Crippen LogP contribution is -2.68. The number of benzene rings is 2. The van der Waals surface area contributed by atoms with Crippen LogP contribution in [0.25, 0.3) is 0 Å². The van der Waals surface area contributed by atoms with Crippen molar-refractivity contribution in [2.75, 3.05) is 63.8 Å². The van der Waals surface area contributed by atoms with Crippen molar-refractivity contribution in [3.05, 3.63) is 56.6 Å². The summed E-state index contributed by atoms with van der Waals surface area (Å²) in [7, 11) is 0. The molecule has 2 aromatic rings. The Morgan fingerprint density at radius 3 is 2.16 bits per heavy atom. The van der Waals surface area contributed by atoms with Gasteiger partial charge in [-0.05, 0) is 31.2 Å². The van der Waals surface area contributed by atoms with Gasteiger partial charge in [-0.2, -0.15) is 0 Å². The maximum atomic E-state index is 10.8. The normalized spacial score (nSPS) is 22.4. The lowest BCUT2D eigenvalue weighted by molar-refractivity contribution is -0.939. The Balaban J connectivity index is 1.43. The molecule has 3 aliphatic rings. The van der Waals surface area contributed by atoms with Gasteiger partial charge in [0.05, 0.1) is 47.7 Å². The molecule has 8 nitrogen and oxygen atoms in total. The number of quaternary nitrogens is 1. The van der Waals surface area contributed by atoms with Gasteiger partial charge >= 0.3 is 0 Å². The summed E-state index contributed by atoms with van der Waals surface area (Å²) in [4.78, 5) is 15.3. The van der Waals surface area contributed by atoms with E-state index >= 15 is 0 Å². The zero-order chi connectivity index (χ0) is 22.7. The van der Waals surface area contributed by atoms with Crippen LogP contribution in [0.3, 0.4) is 0 Å². The molecule has 170 valence electrons. The lowest BCUT2D eigenvalue weighted by atomic mass is 10.1. The fourth-order valence-electron chi connectivity index (χ4n) is 4.44. The van der Waals surface area contributed by atoms with Crippen LogP contribution in [0, 0.1) is 10.1 Å². The molecule has 0 spiro atoms. The fourth-order valence-corrected chi connectivity index (χ4v) is 4.87. The van der Waals surface area contributed by atoms with Gasteiger partial charge < -0.3 is 9.38 Å². The highest BCUT2D eigenvalue weighted by Crippen LogP contribution is 2.34. The minimum absolute atomic E-state index is 0.0899. The number of rotatable bonds is 8. The summed E-state index contributed by atoms with van der Waals surface area (Å²) < 4.78 is 1.23. The first-order chi connectivity index (χ1) is 15.4. The molecule has 0 saturated carbocycles. The quantitative estimate of drug-likeness (QED) is 0.224. The van der Waals surface area contributed by atoms with Crippen molar-refractivity contribution in [2.45, 2.75) is 6.92 Å². The predicted molar refractivity (Wildman–Crippen MR) is 128 cm³/mol. The smallest absolute Gasteiger partial charge is 0.271 e. The first kappa shape index (κ1) is 22.9. The minimum Gasteiger partial charge on any atom is -0.366 e. The van der Waals surface area contributed by atoms with E-state index < -0.39 is 4.92 Å². The van der Waals surface area contributed by atoms with Crippen molar-refractivity contribution in [3.63, 3.8) is 0 Å². The molecule has 10 heteroatoms. The van der Waals surface area contributed by atoms with Crippen LogP contribution in [0.5, 0.6) is 0 Å². The molecule has 3 heterocycles. The van der Waals surface area contributed by atoms with Crippen LogP contribution in [-0.4, -0.2) is 73.2 Å². The van der Waals surface area contributed by atoms with E-state index in [4.69, 9.17) is 23.2 Å². The van der Waals surface area contributed by atoms with E-state index in [1.807, 2.05) is 18.2 Å². The Kier molecular flexibility index (Phi) is 6.95. The molecule has 0 radical (unpaired) electrons. The van der Waals surface area contributed by atoms with Crippen LogP contribution in [0.2, 0.25) is 10.0 Å². The molecule has 3 fully saturated rings. The number of azo groups is 1. The Morgan fingerprint density at radius 2 is 1.62 bits per heavy atom. The van der Waals surface area contributed by atoms with Crippen LogP contribution in [0.1, 0.15) is 6.92 Å². The van der Waals surface area contributed by atoms with Gasteiger partial charge in [0.2, 0.25) is 0 Å². The van der Waals surface area contributed by atoms with Crippen molar-refractivity contribution < 1.29 is 9.41 Å². The summed E-state index contributed by atoms with van der Waals surface area (Å²) in [6.07, 6.45) is 0. The molecule has 0 aromatic heterocycles. The third-order valence-electron chi connectivity index (χ3n) is 6.60. The van der Waals surface area contributed by atoms with E-state index in [0.29, 0.717) is 16.4 Å². The Morgan fingerprint density at radius 1 is 1.03 bits per heavy atom. The van der Waals surface area contributed by atoms with E-state index in [9.17, 15) is 10.1 Å². The van der Waals surface area contributed by atoms with E-state index in [0.717, 1.165) is 25.3 Å². The predicted octanol–water partition coefficient (Wildman–Crippen LogP) is 5.29. The highest BCUT2D eigenvalue weighted by Gasteiger charge is 2.38. The molecular formula is C22H27Cl2N6O2+. The standard InChI is InChI=1S/C22H27Cl2N6O2/c1-2-28(10-14-30-11-7-27(8-12-30)9-13-30)17-3-5-21(19(23)15-17)25-26-22-6-4-18(29(31)32)16-20(22)24/h3-6,15-16H,2,7-14H2,1H3/q+1/b26-25+. The molecule has 0 N–H and O–H groups in total. The number of halogens is 2. The molecule has 32 heavy (non-hydrogen) atoms. The molecule has 2 bridgehead atoms. The summed E-state index contributed by atoms with van der Waals surface area (Å²) in [5, 5.41) is 19.8. The van der Waals surface area contributed by atoms with Gasteiger partial charge in [-0.3, -0.25) is 15.0 Å². The van der Waals surface area contributed by atoms with Gasteiger partial charge in [-0.15, -0.1) is 10.2 Å². The number of fused-ring (bicyclic) bond motifs is 3. The van der Waals surface area contributed by atoms with Crippen LogP contribution >= 0.6 is 23.2 Å². The molecule has 0 unspecified atom stereocenters. The van der Waals surface area contributed by atoms with Crippen molar-refractivity contribution in [2.24, 2.45) is 10.2 Å². The summed E-state index contributed by atoms with van der Waals surface area (Å²) >= 11 is 12.6. The summed E-state index contributed by atoms with van der Waals surface area (Å²) in [6, 6.07) is 9.85. The highest BCUT2D eigenvalue weighted by atomic mass is 35.5. The number of nitro groups is 1. The number of piperazine rings is 3. The number of non-ortho nitro benzene ring substituents is 1. The number of hydrogen-bond donors (Lipinski definition) is 0. The van der Waals surface area contributed by atoms with Crippen LogP contribution < -0.4 is 4.90 Å². The minimum atomic E-state index is -0.502. The topological polar surface area (TPSA) is 74.3 Å². The maximum absolute atomic E-state index is 10.8. The zero-order valence-corrected chi connectivity index (χ0v) is 19.6. The maximum Gasteiger partial charge on any atom is 0.271 e. The molecule has 0 amide bonds. The first-order valence-corrected chi connectivity index (χ1v) is 11.6. The van der Waals surface area contributed by atoms with Crippen LogP contribution in [0.15, 0.2) is 46.6 Å². The molecule has 0 atom stereocenters. The van der Waals surface area contributed by atoms with Gasteiger partial charge in [0.15, 0.2) is 0 Å². The highest BCUT2D eigenvalue weighted by molar-refractivity contribution is 6.33. The van der Waals surface area contributed by atoms with E-state index in [-0.39, 0.29) is 10.7 Å². The van der Waals surface area contributed by atoms with Crippen molar-refractivity contribution in [1.29, 1.82) is 0 Å². The van der Waals surface area contributed by atoms with Gasteiger partial charge in [0, 0.05) is 44.0 Å². The number of anilines is 1. The molecule has 0 aliphatic carbocycles. The van der Waals surface area contributed by atoms with E-state index in [1.165, 1.54) is 62.0 Å². The zero-order valence-electron chi connectivity index (χ0n) is 18.1. The first-order valence-electron chi connectivity index (χ1n) is 10.9. The third kappa shape index (κ3) is 5.04. The van der Waals surface area contributed by atoms with Crippen molar-refractivity contribution >= 4 is 46.0 Å². The lowest BCUT2D eigenvalue weighted by Gasteiger charge is -2.51. The Hall–Kier alpha value is -2.26. The second-order valence-electron chi connectivity index (χ2n) is 8.39. The summed E-state index contributed by atoms with van der Waals surface area (Å²) in [5.41, 5.74) is 1.85. The monoisotopic (exact) mass is 477 g/mol. The Bertz CT molecular complexity index is 1010. The van der Waals surface area contributed by atoms with Crippen LogP contribution in [0.4, 0.5) is 22.7 Å². The van der Waals surface area contributed by atoms with Gasteiger partial charge in [-0.25, -0.2) is 0 Å². The van der Waals surface area contributed by atoms with Crippen LogP contribution in [-0.2, 0) is 0 Å². The molecule has 3 saturated heterocycles. The summed E-state index contributed by atoms with van der Waals surface area (Å²) in [6.45, 7) is 12.6. The van der Waals surface area contributed by atoms with Gasteiger partial charge in [0.25, 0.3) is 5.69 Å². The molecule has 3 aliphatic heterocycles. The fraction of sp³-hybridized carbons (Fsp3) is 0.455. The number of likely N-dealkylation sites (N-methyl/N-ethyl adjacent to an activating group) is 1. The number of hydrogen-bond acceptors (Lipinski definition) is 6. The summed E-state index contributed by atoms with van der Waals surface area (Å²) in [5.74, 6) is 0. The van der Waals surface area contributed by atoms with Gasteiger partial charge in [-0.1, -0.05) is 23.2 Å². The number of nitrogens with zero attached hydrogens (tertiary/aromatic N) is 6. The average molecular weight is 478 g/mol. The van der Waals surface area contributed by atoms with Gasteiger partial charge in [0.1, 0.15) is 11.4 Å². The van der Waals surface area contributed by atoms with Crippen molar-refractivity contribution in [3.8, 4) is 0 Å². The molecule has 2 aromatic carbocycles. The second kappa shape index (κ2) is 9.70. The average Bonchev–Trinajstić information content (AvgIpc) is 2.80. The largest absolute Gasteiger partial charge is 0.366 e. The Labute approximate surface area is 197 Å². The van der Waals surface area contributed by atoms with Crippen molar-refractivity contribution in [1.82, 2.24) is 4.90 Å². The second-order valence-corrected chi connectivity index (χ2v) is 9.20. The van der Waals surface area contributed by atoms with E-state index in [2.05, 4.69) is 27.0 Å². The molecular weight excluding hydrogens is 451 g/mol.